The van der Waals surface area contributed by atoms with Crippen molar-refractivity contribution in [3.8, 4) is 0 Å². The summed E-state index contributed by atoms with van der Waals surface area (Å²) in [6, 6.07) is -0.393. The molecule has 112 valence electrons. The summed E-state index contributed by atoms with van der Waals surface area (Å²) in [6.45, 7) is 0. The van der Waals surface area contributed by atoms with Crippen LogP contribution >= 0.6 is 0 Å². The first kappa shape index (κ1) is 15.1. The van der Waals surface area contributed by atoms with Crippen LogP contribution in [0.5, 0.6) is 0 Å². The number of anilines is 1. The van der Waals surface area contributed by atoms with Gasteiger partial charge in [-0.15, -0.1) is 0 Å². The van der Waals surface area contributed by atoms with Crippen molar-refractivity contribution in [2.45, 2.75) is 23.8 Å². The highest BCUT2D eigenvalue weighted by Gasteiger charge is 2.27. The van der Waals surface area contributed by atoms with Gasteiger partial charge in [0.2, 0.25) is 16.0 Å². The summed E-state index contributed by atoms with van der Waals surface area (Å²) >= 11 is 0. The molecule has 1 aromatic heterocycles. The number of hydrogen-bond donors (Lipinski definition) is 3. The second kappa shape index (κ2) is 5.60. The molecule has 11 heteroatoms. The zero-order valence-electron chi connectivity index (χ0n) is 10.5. The molecule has 0 amide bonds. The number of nitrogens with zero attached hydrogens (tertiary/aromatic N) is 2. The molecule has 0 atom stereocenters. The van der Waals surface area contributed by atoms with Gasteiger partial charge in [0.15, 0.2) is 0 Å². The quantitative estimate of drug-likeness (QED) is 0.454. The minimum Gasteiger partial charge on any atom is -0.292 e. The van der Waals surface area contributed by atoms with Crippen LogP contribution < -0.4 is 16.0 Å². The zero-order valence-corrected chi connectivity index (χ0v) is 12.1. The molecule has 2 heterocycles. The SMILES string of the molecule is NNc1ncc(S(=O)(=O)NC2CCS(=O)(=O)CC2)cn1. The highest BCUT2D eigenvalue weighted by Crippen LogP contribution is 2.15. The normalized spacial score (nSPS) is 19.6. The summed E-state index contributed by atoms with van der Waals surface area (Å²) in [5, 5.41) is 0. The maximum absolute atomic E-state index is 12.1. The van der Waals surface area contributed by atoms with Crippen LogP contribution in [0.15, 0.2) is 17.3 Å². The zero-order chi connectivity index (χ0) is 14.8. The van der Waals surface area contributed by atoms with Crippen molar-refractivity contribution < 1.29 is 16.8 Å². The first-order valence-corrected chi connectivity index (χ1v) is 9.14. The van der Waals surface area contributed by atoms with Crippen LogP contribution in [-0.4, -0.2) is 44.4 Å². The second-order valence-electron chi connectivity index (χ2n) is 4.43. The van der Waals surface area contributed by atoms with Gasteiger partial charge in [-0.3, -0.25) is 5.43 Å². The Hall–Kier alpha value is -1.30. The first-order valence-electron chi connectivity index (χ1n) is 5.84. The molecule has 1 aliphatic heterocycles. The van der Waals surface area contributed by atoms with E-state index in [1.165, 1.54) is 0 Å². The molecule has 0 aromatic carbocycles. The fourth-order valence-electron chi connectivity index (χ4n) is 1.82. The van der Waals surface area contributed by atoms with Crippen LogP contribution in [-0.2, 0) is 19.9 Å². The Morgan fingerprint density at radius 3 is 2.25 bits per heavy atom. The van der Waals surface area contributed by atoms with E-state index in [1.54, 1.807) is 0 Å². The van der Waals surface area contributed by atoms with Crippen molar-refractivity contribution >= 4 is 25.8 Å². The van der Waals surface area contributed by atoms with E-state index >= 15 is 0 Å². The molecule has 2 rings (SSSR count). The third-order valence-electron chi connectivity index (χ3n) is 2.94. The molecular formula is C9H15N5O4S2. The maximum Gasteiger partial charge on any atom is 0.243 e. The van der Waals surface area contributed by atoms with Crippen LogP contribution in [0.25, 0.3) is 0 Å². The van der Waals surface area contributed by atoms with E-state index in [9.17, 15) is 16.8 Å². The molecule has 0 unspecified atom stereocenters. The monoisotopic (exact) mass is 321 g/mol. The van der Waals surface area contributed by atoms with Gasteiger partial charge in [-0.25, -0.2) is 37.4 Å². The van der Waals surface area contributed by atoms with Crippen LogP contribution in [0, 0.1) is 0 Å². The summed E-state index contributed by atoms with van der Waals surface area (Å²) in [4.78, 5) is 7.34. The van der Waals surface area contributed by atoms with E-state index in [4.69, 9.17) is 5.84 Å². The van der Waals surface area contributed by atoms with Crippen molar-refractivity contribution in [3.63, 3.8) is 0 Å². The predicted molar refractivity (Wildman–Crippen MR) is 71.8 cm³/mol. The lowest BCUT2D eigenvalue weighted by Gasteiger charge is -2.22. The largest absolute Gasteiger partial charge is 0.292 e. The molecule has 0 radical (unpaired) electrons. The molecule has 0 spiro atoms. The second-order valence-corrected chi connectivity index (χ2v) is 8.45. The molecule has 0 bridgehead atoms. The Kier molecular flexibility index (Phi) is 4.22. The summed E-state index contributed by atoms with van der Waals surface area (Å²) in [6.07, 6.45) is 2.80. The third-order valence-corrected chi connectivity index (χ3v) is 6.13. The molecule has 0 aliphatic carbocycles. The molecule has 1 aliphatic rings. The van der Waals surface area contributed by atoms with E-state index in [0.717, 1.165) is 12.4 Å². The van der Waals surface area contributed by atoms with E-state index in [0.29, 0.717) is 0 Å². The van der Waals surface area contributed by atoms with E-state index in [2.05, 4.69) is 20.1 Å². The average molecular weight is 321 g/mol. The van der Waals surface area contributed by atoms with E-state index in [-0.39, 0.29) is 35.2 Å². The number of aromatic nitrogens is 2. The Morgan fingerprint density at radius 2 is 1.75 bits per heavy atom. The topological polar surface area (TPSA) is 144 Å². The lowest BCUT2D eigenvalue weighted by molar-refractivity contribution is 0.505. The molecule has 1 saturated heterocycles. The van der Waals surface area contributed by atoms with Gasteiger partial charge in [-0.05, 0) is 12.8 Å². The van der Waals surface area contributed by atoms with Gasteiger partial charge in [-0.2, -0.15) is 0 Å². The minimum absolute atomic E-state index is 0.00722. The summed E-state index contributed by atoms with van der Waals surface area (Å²) in [5.74, 6) is 5.18. The van der Waals surface area contributed by atoms with Crippen LogP contribution in [0.4, 0.5) is 5.95 Å². The van der Waals surface area contributed by atoms with Crippen LogP contribution in [0.2, 0.25) is 0 Å². The summed E-state index contributed by atoms with van der Waals surface area (Å²) < 4.78 is 49.2. The highest BCUT2D eigenvalue weighted by molar-refractivity contribution is 7.91. The summed E-state index contributed by atoms with van der Waals surface area (Å²) in [7, 11) is -6.79. The molecule has 0 saturated carbocycles. The fourth-order valence-corrected chi connectivity index (χ4v) is 4.51. The Morgan fingerprint density at radius 1 is 1.20 bits per heavy atom. The standard InChI is InChI=1S/C9H15N5O4S2/c10-13-9-11-5-8(6-12-9)20(17,18)14-7-1-3-19(15,16)4-2-7/h5-7,14H,1-4,10H2,(H,11,12,13). The van der Waals surface area contributed by atoms with Crippen LogP contribution in [0.1, 0.15) is 12.8 Å². The van der Waals surface area contributed by atoms with Gasteiger partial charge in [0.05, 0.1) is 23.9 Å². The Balaban J connectivity index is 2.07. The molecule has 9 nitrogen and oxygen atoms in total. The van der Waals surface area contributed by atoms with Crippen molar-refractivity contribution in [1.29, 1.82) is 0 Å². The van der Waals surface area contributed by atoms with Gasteiger partial charge in [0, 0.05) is 6.04 Å². The van der Waals surface area contributed by atoms with E-state index in [1.807, 2.05) is 0 Å². The smallest absolute Gasteiger partial charge is 0.243 e. The van der Waals surface area contributed by atoms with Crippen molar-refractivity contribution in [2.75, 3.05) is 16.9 Å². The third kappa shape index (κ3) is 3.62. The lowest BCUT2D eigenvalue weighted by atomic mass is 10.2. The van der Waals surface area contributed by atoms with Crippen LogP contribution in [0.3, 0.4) is 0 Å². The number of nitrogens with one attached hydrogen (secondary N) is 2. The highest BCUT2D eigenvalue weighted by atomic mass is 32.2. The van der Waals surface area contributed by atoms with E-state index < -0.39 is 25.9 Å². The number of nitrogens with two attached hydrogens (primary N) is 1. The van der Waals surface area contributed by atoms with Crippen molar-refractivity contribution in [1.82, 2.24) is 14.7 Å². The molecule has 1 aromatic rings. The lowest BCUT2D eigenvalue weighted by Crippen LogP contribution is -2.40. The Labute approximate surface area is 116 Å². The number of rotatable bonds is 4. The number of nitrogen functional groups attached to an aromatic ring is 1. The molecule has 20 heavy (non-hydrogen) atoms. The maximum atomic E-state index is 12.1. The van der Waals surface area contributed by atoms with Gasteiger partial charge in [0.25, 0.3) is 0 Å². The first-order chi connectivity index (χ1) is 9.32. The Bertz CT molecular complexity index is 657. The number of hydrogen-bond acceptors (Lipinski definition) is 8. The predicted octanol–water partition coefficient (Wildman–Crippen LogP) is -1.38. The van der Waals surface area contributed by atoms with Gasteiger partial charge in [-0.1, -0.05) is 0 Å². The summed E-state index contributed by atoms with van der Waals surface area (Å²) in [5.41, 5.74) is 2.19. The van der Waals surface area contributed by atoms with Gasteiger partial charge >= 0.3 is 0 Å². The van der Waals surface area contributed by atoms with Crippen molar-refractivity contribution in [2.24, 2.45) is 5.84 Å². The minimum atomic E-state index is -3.76. The fraction of sp³-hybridized carbons (Fsp3) is 0.556. The van der Waals surface area contributed by atoms with Gasteiger partial charge in [0.1, 0.15) is 14.7 Å². The molecule has 1 fully saturated rings. The van der Waals surface area contributed by atoms with Gasteiger partial charge < -0.3 is 0 Å². The average Bonchev–Trinajstić information content (AvgIpc) is 2.41. The molecule has 4 N–H and O–H groups in total. The molecular weight excluding hydrogens is 306 g/mol. The van der Waals surface area contributed by atoms with Crippen molar-refractivity contribution in [3.05, 3.63) is 12.4 Å². The number of hydrazine groups is 1. The number of sulfone groups is 1. The number of sulfonamides is 1.